The maximum absolute atomic E-state index is 12.7. The summed E-state index contributed by atoms with van der Waals surface area (Å²) in [6, 6.07) is 23.6. The molecule has 34 heavy (non-hydrogen) atoms. The van der Waals surface area contributed by atoms with Crippen molar-refractivity contribution in [2.75, 3.05) is 22.5 Å². The summed E-state index contributed by atoms with van der Waals surface area (Å²) in [5.74, 6) is -0.670. The van der Waals surface area contributed by atoms with E-state index in [2.05, 4.69) is 21.3 Å². The van der Waals surface area contributed by atoms with Crippen molar-refractivity contribution in [2.24, 2.45) is 5.92 Å². The molecule has 176 valence electrons. The van der Waals surface area contributed by atoms with Gasteiger partial charge in [-0.1, -0.05) is 56.3 Å². The van der Waals surface area contributed by atoms with Crippen molar-refractivity contribution >= 4 is 34.8 Å². The Morgan fingerprint density at radius 3 is 2.09 bits per heavy atom. The lowest BCUT2D eigenvalue weighted by Crippen LogP contribution is -2.27. The first-order chi connectivity index (χ1) is 16.3. The van der Waals surface area contributed by atoms with Crippen LogP contribution in [0.5, 0.6) is 0 Å². The van der Waals surface area contributed by atoms with E-state index >= 15 is 0 Å². The molecule has 0 aliphatic rings. The van der Waals surface area contributed by atoms with Gasteiger partial charge in [-0.3, -0.25) is 14.4 Å². The van der Waals surface area contributed by atoms with Crippen LogP contribution in [0.4, 0.5) is 17.1 Å². The highest BCUT2D eigenvalue weighted by atomic mass is 16.2. The number of carbonyl (C=O) groups is 3. The number of hydrogen-bond donors (Lipinski definition) is 4. The third kappa shape index (κ3) is 7.20. The SMILES string of the molecule is CC(C)C(=O)Nc1cccc(NCC(=O)Nc2cccc(C(=O)NC(C)c3ccccc3)c2)c1. The zero-order valence-corrected chi connectivity index (χ0v) is 19.6. The molecular weight excluding hydrogens is 428 g/mol. The minimum absolute atomic E-state index is 0.0308. The molecule has 1 unspecified atom stereocenters. The van der Waals surface area contributed by atoms with Crippen molar-refractivity contribution in [3.8, 4) is 0 Å². The van der Waals surface area contributed by atoms with E-state index in [1.54, 1.807) is 42.5 Å². The topological polar surface area (TPSA) is 99.3 Å². The van der Waals surface area contributed by atoms with Crippen LogP contribution in [-0.2, 0) is 9.59 Å². The van der Waals surface area contributed by atoms with Gasteiger partial charge in [-0.2, -0.15) is 0 Å². The summed E-state index contributed by atoms with van der Waals surface area (Å²) in [4.78, 5) is 37.0. The highest BCUT2D eigenvalue weighted by molar-refractivity contribution is 5.98. The molecule has 0 heterocycles. The predicted molar refractivity (Wildman–Crippen MR) is 136 cm³/mol. The van der Waals surface area contributed by atoms with Gasteiger partial charge in [0.05, 0.1) is 12.6 Å². The summed E-state index contributed by atoms with van der Waals surface area (Å²) in [6.45, 7) is 5.60. The van der Waals surface area contributed by atoms with E-state index in [1.807, 2.05) is 57.2 Å². The summed E-state index contributed by atoms with van der Waals surface area (Å²) in [5.41, 5.74) is 3.37. The molecule has 7 heteroatoms. The number of nitrogens with one attached hydrogen (secondary N) is 4. The molecule has 0 spiro atoms. The highest BCUT2D eigenvalue weighted by Crippen LogP contribution is 2.17. The van der Waals surface area contributed by atoms with Crippen molar-refractivity contribution in [3.05, 3.63) is 90.0 Å². The van der Waals surface area contributed by atoms with Crippen LogP contribution in [0.2, 0.25) is 0 Å². The van der Waals surface area contributed by atoms with Crippen LogP contribution >= 0.6 is 0 Å². The van der Waals surface area contributed by atoms with Crippen LogP contribution in [0.1, 0.15) is 42.7 Å². The predicted octanol–water partition coefficient (Wildman–Crippen LogP) is 4.82. The van der Waals surface area contributed by atoms with Crippen LogP contribution in [0, 0.1) is 5.92 Å². The molecule has 3 aromatic carbocycles. The molecule has 0 aromatic heterocycles. The molecule has 3 aromatic rings. The molecule has 0 saturated heterocycles. The van der Waals surface area contributed by atoms with Gasteiger partial charge < -0.3 is 21.3 Å². The van der Waals surface area contributed by atoms with E-state index < -0.39 is 0 Å². The fourth-order valence-corrected chi connectivity index (χ4v) is 3.22. The van der Waals surface area contributed by atoms with E-state index in [0.29, 0.717) is 22.6 Å². The third-order valence-corrected chi connectivity index (χ3v) is 5.16. The average Bonchev–Trinajstić information content (AvgIpc) is 2.83. The van der Waals surface area contributed by atoms with Crippen LogP contribution < -0.4 is 21.3 Å². The zero-order chi connectivity index (χ0) is 24.5. The van der Waals surface area contributed by atoms with Gasteiger partial charge in [0.1, 0.15) is 0 Å². The second kappa shape index (κ2) is 11.7. The molecule has 0 radical (unpaired) electrons. The third-order valence-electron chi connectivity index (χ3n) is 5.16. The number of amides is 3. The molecule has 3 amide bonds. The standard InChI is InChI=1S/C27H30N4O3/c1-18(2)26(33)31-24-14-8-12-22(16-24)28-17-25(32)30-23-13-7-11-21(15-23)27(34)29-19(3)20-9-5-4-6-10-20/h4-16,18-19,28H,17H2,1-3H3,(H,29,34)(H,30,32)(H,31,33). The first-order valence-electron chi connectivity index (χ1n) is 11.2. The van der Waals surface area contributed by atoms with E-state index in [0.717, 1.165) is 5.56 Å². The normalized spacial score (nSPS) is 11.4. The first kappa shape index (κ1) is 24.5. The van der Waals surface area contributed by atoms with E-state index in [1.165, 1.54) is 0 Å². The number of rotatable bonds is 9. The molecule has 4 N–H and O–H groups in total. The van der Waals surface area contributed by atoms with E-state index in [-0.39, 0.29) is 36.2 Å². The monoisotopic (exact) mass is 458 g/mol. The summed E-state index contributed by atoms with van der Waals surface area (Å²) in [5, 5.41) is 11.7. The van der Waals surface area contributed by atoms with Gasteiger partial charge >= 0.3 is 0 Å². The lowest BCUT2D eigenvalue weighted by Gasteiger charge is -2.15. The minimum Gasteiger partial charge on any atom is -0.376 e. The Kier molecular flexibility index (Phi) is 8.40. The molecule has 1 atom stereocenters. The van der Waals surface area contributed by atoms with Crippen molar-refractivity contribution in [1.29, 1.82) is 0 Å². The Morgan fingerprint density at radius 1 is 0.735 bits per heavy atom. The molecule has 7 nitrogen and oxygen atoms in total. The van der Waals surface area contributed by atoms with Gasteiger partial charge in [-0.25, -0.2) is 0 Å². The lowest BCUT2D eigenvalue weighted by atomic mass is 10.1. The summed E-state index contributed by atoms with van der Waals surface area (Å²) < 4.78 is 0. The smallest absolute Gasteiger partial charge is 0.251 e. The Bertz CT molecular complexity index is 1150. The van der Waals surface area contributed by atoms with E-state index in [4.69, 9.17) is 0 Å². The lowest BCUT2D eigenvalue weighted by molar-refractivity contribution is -0.119. The summed E-state index contributed by atoms with van der Waals surface area (Å²) in [7, 11) is 0. The van der Waals surface area contributed by atoms with Crippen LogP contribution in [-0.4, -0.2) is 24.3 Å². The van der Waals surface area contributed by atoms with Crippen molar-refractivity contribution in [1.82, 2.24) is 5.32 Å². The van der Waals surface area contributed by atoms with Gasteiger partial charge in [-0.15, -0.1) is 0 Å². The number of carbonyl (C=O) groups excluding carboxylic acids is 3. The molecule has 0 bridgehead atoms. The van der Waals surface area contributed by atoms with Crippen molar-refractivity contribution in [2.45, 2.75) is 26.8 Å². The van der Waals surface area contributed by atoms with Gasteiger partial charge in [0.15, 0.2) is 0 Å². The molecule has 0 fully saturated rings. The average molecular weight is 459 g/mol. The molecule has 0 aliphatic carbocycles. The van der Waals surface area contributed by atoms with Gasteiger partial charge in [0, 0.05) is 28.5 Å². The maximum atomic E-state index is 12.7. The maximum Gasteiger partial charge on any atom is 0.251 e. The van der Waals surface area contributed by atoms with Gasteiger partial charge in [0.25, 0.3) is 5.91 Å². The minimum atomic E-state index is -0.258. The first-order valence-corrected chi connectivity index (χ1v) is 11.2. The second-order valence-corrected chi connectivity index (χ2v) is 8.31. The Balaban J connectivity index is 1.54. The summed E-state index contributed by atoms with van der Waals surface area (Å²) in [6.07, 6.45) is 0. The molecule has 3 rings (SSSR count). The van der Waals surface area contributed by atoms with Crippen molar-refractivity contribution < 1.29 is 14.4 Å². The van der Waals surface area contributed by atoms with Crippen molar-refractivity contribution in [3.63, 3.8) is 0 Å². The quantitative estimate of drug-likeness (QED) is 0.369. The van der Waals surface area contributed by atoms with Gasteiger partial charge in [0.2, 0.25) is 11.8 Å². The van der Waals surface area contributed by atoms with Crippen LogP contribution in [0.15, 0.2) is 78.9 Å². The fourth-order valence-electron chi connectivity index (χ4n) is 3.22. The van der Waals surface area contributed by atoms with E-state index in [9.17, 15) is 14.4 Å². The summed E-state index contributed by atoms with van der Waals surface area (Å²) >= 11 is 0. The number of hydrogen-bond acceptors (Lipinski definition) is 4. The Labute approximate surface area is 200 Å². The van der Waals surface area contributed by atoms with Gasteiger partial charge in [-0.05, 0) is 48.9 Å². The number of benzene rings is 3. The molecular formula is C27H30N4O3. The largest absolute Gasteiger partial charge is 0.376 e. The molecule has 0 saturated carbocycles. The molecule has 0 aliphatic heterocycles. The van der Waals surface area contributed by atoms with Crippen LogP contribution in [0.3, 0.4) is 0 Å². The number of anilines is 3. The second-order valence-electron chi connectivity index (χ2n) is 8.31. The van der Waals surface area contributed by atoms with Crippen LogP contribution in [0.25, 0.3) is 0 Å². The zero-order valence-electron chi connectivity index (χ0n) is 19.6. The Morgan fingerprint density at radius 2 is 1.38 bits per heavy atom. The Hall–Kier alpha value is -4.13. The highest BCUT2D eigenvalue weighted by Gasteiger charge is 2.12. The fraction of sp³-hybridized carbons (Fsp3) is 0.222.